The highest BCUT2D eigenvalue weighted by Gasteiger charge is 2.28. The number of esters is 7. The van der Waals surface area contributed by atoms with Gasteiger partial charge in [-0.25, -0.2) is 9.59 Å². The standard InChI is InChI=1S/C90H86O16/c1-52-33-66-43-67-34-53(2)36-69(83(67)103-56(5)92)45-73-40-63(18-24-65-49-77(90(12,13)14)26-32-81(65)88(97)101-51-61-21-29-79(99-16)30-22-61)42-75(86(73)106-59(8)95)47-71-38-54(3)37-70(84(71)104-57(6)93)46-74-41-62(39-72(85(74)105-58(7)94)44-68(35-52)82(66)102-55(4)91)17-23-64-48-76(89(9,10)11)25-31-80(64)87(96)100-50-60-19-27-78(98-15)28-20-60/h19-22,25-42,48-49H,43-47,50-51H2,1-16H3. The smallest absolute Gasteiger partial charge is 0.339 e. The summed E-state index contributed by atoms with van der Waals surface area (Å²) in [7, 11) is 3.15. The Hall–Kier alpha value is -12.0. The zero-order valence-corrected chi connectivity index (χ0v) is 62.8. The van der Waals surface area contributed by atoms with Gasteiger partial charge in [0.1, 0.15) is 53.5 Å². The van der Waals surface area contributed by atoms with Crippen molar-refractivity contribution in [3.05, 3.63) is 274 Å². The molecule has 0 radical (unpaired) electrons. The van der Waals surface area contributed by atoms with Crippen LogP contribution in [0.4, 0.5) is 0 Å². The number of carbonyl (C=O) groups excluding carboxylic acids is 7. The van der Waals surface area contributed by atoms with Crippen LogP contribution in [0, 0.1) is 44.5 Å². The zero-order valence-electron chi connectivity index (χ0n) is 62.8. The first-order chi connectivity index (χ1) is 50.3. The number of benzene rings is 9. The molecule has 16 nitrogen and oxygen atoms in total. The minimum atomic E-state index is -0.657. The third kappa shape index (κ3) is 19.4. The molecule has 0 aliphatic heterocycles. The second-order valence-electron chi connectivity index (χ2n) is 28.7. The summed E-state index contributed by atoms with van der Waals surface area (Å²) in [6, 6.07) is 43.8. The van der Waals surface area contributed by atoms with Crippen LogP contribution in [-0.2, 0) is 89.6 Å². The summed E-state index contributed by atoms with van der Waals surface area (Å²) < 4.78 is 54.2. The summed E-state index contributed by atoms with van der Waals surface area (Å²) in [6.45, 7) is 24.5. The lowest BCUT2D eigenvalue weighted by atomic mass is 9.85. The van der Waals surface area contributed by atoms with Gasteiger partial charge >= 0.3 is 41.8 Å². The minimum absolute atomic E-state index is 0.00653. The quantitative estimate of drug-likeness (QED) is 0.0598. The van der Waals surface area contributed by atoms with Crippen molar-refractivity contribution < 1.29 is 76.2 Å². The molecule has 0 N–H and O–H groups in total. The molecule has 0 aromatic heterocycles. The molecule has 0 heterocycles. The molecule has 0 atom stereocenters. The molecular weight excluding hydrogens is 1340 g/mol. The van der Waals surface area contributed by atoms with Crippen LogP contribution in [0.25, 0.3) is 0 Å². The van der Waals surface area contributed by atoms with E-state index in [-0.39, 0.29) is 96.0 Å². The molecule has 10 bridgehead atoms. The van der Waals surface area contributed by atoms with Crippen molar-refractivity contribution in [2.24, 2.45) is 0 Å². The molecule has 0 saturated carbocycles. The van der Waals surface area contributed by atoms with E-state index in [1.807, 2.05) is 106 Å². The van der Waals surface area contributed by atoms with Gasteiger partial charge in [-0.1, -0.05) is 155 Å². The van der Waals surface area contributed by atoms with Gasteiger partial charge in [0.25, 0.3) is 0 Å². The van der Waals surface area contributed by atoms with Crippen LogP contribution in [0.15, 0.2) is 146 Å². The normalized spacial score (nSPS) is 11.8. The number of carbonyl (C=O) groups is 7. The highest BCUT2D eigenvalue weighted by Crippen LogP contribution is 2.43. The minimum Gasteiger partial charge on any atom is -0.497 e. The number of methoxy groups -OCH3 is 2. The van der Waals surface area contributed by atoms with Gasteiger partial charge < -0.3 is 42.6 Å². The lowest BCUT2D eigenvalue weighted by Crippen LogP contribution is -2.14. The molecule has 0 spiro atoms. The highest BCUT2D eigenvalue weighted by atomic mass is 16.6. The van der Waals surface area contributed by atoms with Crippen LogP contribution in [0.1, 0.15) is 214 Å². The van der Waals surface area contributed by atoms with Gasteiger partial charge in [0.15, 0.2) is 0 Å². The molecule has 1 aliphatic carbocycles. The summed E-state index contributed by atoms with van der Waals surface area (Å²) in [6.07, 6.45) is -0.0417. The lowest BCUT2D eigenvalue weighted by Gasteiger charge is -2.22. The van der Waals surface area contributed by atoms with E-state index in [1.54, 1.807) is 74.9 Å². The van der Waals surface area contributed by atoms with Gasteiger partial charge in [-0.05, 0) is 160 Å². The van der Waals surface area contributed by atoms with Crippen molar-refractivity contribution in [1.29, 1.82) is 0 Å². The summed E-state index contributed by atoms with van der Waals surface area (Å²) in [5, 5.41) is 0. The van der Waals surface area contributed by atoms with Gasteiger partial charge in [-0.2, -0.15) is 0 Å². The third-order valence-electron chi connectivity index (χ3n) is 17.7. The molecule has 1 aliphatic rings. The van der Waals surface area contributed by atoms with Crippen LogP contribution < -0.4 is 33.2 Å². The fourth-order valence-electron chi connectivity index (χ4n) is 12.9. The first-order valence-corrected chi connectivity index (χ1v) is 34.8. The Morgan fingerprint density at radius 3 is 0.802 bits per heavy atom. The molecule has 10 rings (SSSR count). The Morgan fingerprint density at radius 1 is 0.330 bits per heavy atom. The molecule has 9 aromatic carbocycles. The van der Waals surface area contributed by atoms with E-state index in [4.69, 9.17) is 42.6 Å². The predicted molar refractivity (Wildman–Crippen MR) is 403 cm³/mol. The molecule has 106 heavy (non-hydrogen) atoms. The Morgan fingerprint density at radius 2 is 0.575 bits per heavy atom. The Kier molecular flexibility index (Phi) is 23.7. The topological polar surface area (TPSA) is 203 Å². The van der Waals surface area contributed by atoms with Gasteiger partial charge in [0, 0.05) is 111 Å². The van der Waals surface area contributed by atoms with E-state index in [0.29, 0.717) is 89.4 Å². The van der Waals surface area contributed by atoms with E-state index < -0.39 is 41.8 Å². The van der Waals surface area contributed by atoms with Crippen LogP contribution in [0.3, 0.4) is 0 Å². The molecule has 0 unspecified atom stereocenters. The summed E-state index contributed by atoms with van der Waals surface area (Å²) in [5.41, 5.74) is 11.7. The number of rotatable bonds is 13. The van der Waals surface area contributed by atoms with Gasteiger partial charge in [0.05, 0.1) is 25.3 Å². The van der Waals surface area contributed by atoms with E-state index in [9.17, 15) is 33.6 Å². The molecule has 9 aromatic rings. The largest absolute Gasteiger partial charge is 0.497 e. The molecule has 0 amide bonds. The van der Waals surface area contributed by atoms with Crippen LogP contribution in [0.5, 0.6) is 40.2 Å². The molecule has 542 valence electrons. The number of aryl methyl sites for hydroxylation is 3. The van der Waals surface area contributed by atoms with E-state index in [2.05, 4.69) is 65.2 Å². The van der Waals surface area contributed by atoms with E-state index in [1.165, 1.54) is 34.6 Å². The Labute approximate surface area is 619 Å². The average Bonchev–Trinajstić information content (AvgIpc) is 0.773. The van der Waals surface area contributed by atoms with Crippen LogP contribution in [-0.4, -0.2) is 56.0 Å². The lowest BCUT2D eigenvalue weighted by molar-refractivity contribution is -0.133. The second-order valence-corrected chi connectivity index (χ2v) is 28.7. The summed E-state index contributed by atoms with van der Waals surface area (Å²) in [4.78, 5) is 96.9. The van der Waals surface area contributed by atoms with Crippen molar-refractivity contribution in [2.45, 2.75) is 153 Å². The van der Waals surface area contributed by atoms with Crippen LogP contribution in [0.2, 0.25) is 0 Å². The molecular formula is C90H86O16. The van der Waals surface area contributed by atoms with Crippen molar-refractivity contribution in [3.63, 3.8) is 0 Å². The maximum absolute atomic E-state index is 14.3. The summed E-state index contributed by atoms with van der Waals surface area (Å²) >= 11 is 0. The predicted octanol–water partition coefficient (Wildman–Crippen LogP) is 16.6. The van der Waals surface area contributed by atoms with Crippen LogP contribution >= 0.6 is 0 Å². The number of fused-ring (bicyclic) bond motifs is 10. The number of hydrogen-bond donors (Lipinski definition) is 0. The van der Waals surface area contributed by atoms with E-state index >= 15 is 0 Å². The highest BCUT2D eigenvalue weighted by molar-refractivity contribution is 5.93. The maximum Gasteiger partial charge on any atom is 0.339 e. The van der Waals surface area contributed by atoms with Crippen molar-refractivity contribution >= 4 is 41.8 Å². The number of hydrogen-bond acceptors (Lipinski definition) is 16. The molecule has 16 heteroatoms. The van der Waals surface area contributed by atoms with E-state index in [0.717, 1.165) is 38.9 Å². The van der Waals surface area contributed by atoms with Crippen molar-refractivity contribution in [1.82, 2.24) is 0 Å². The maximum atomic E-state index is 14.3. The van der Waals surface area contributed by atoms with Crippen molar-refractivity contribution in [3.8, 4) is 63.9 Å². The zero-order chi connectivity index (χ0) is 76.5. The fraction of sp³-hybridized carbons (Fsp3) is 0.278. The van der Waals surface area contributed by atoms with Gasteiger partial charge in [-0.15, -0.1) is 0 Å². The monoisotopic (exact) mass is 1420 g/mol. The Bertz CT molecular complexity index is 4800. The SMILES string of the molecule is COc1ccc(COC(=O)c2ccc(C(C)(C)C)cc2C#Cc2cc3c(OC(C)=O)c(c2)Cc2cc(C)cc(c2OC(C)=O)Cc2cc(C#Cc4cc(C(C)(C)C)ccc4C(=O)OCc4ccc(OC)cc4)cc(c2OC(C)=O)Cc2cc(C)cc(c2OC(C)=O)Cc2cc(C)cc(c2OC(C)=O)C3)cc1. The molecule has 0 saturated heterocycles. The first-order valence-electron chi connectivity index (χ1n) is 34.8. The summed E-state index contributed by atoms with van der Waals surface area (Å²) in [5.74, 6) is 11.1. The third-order valence-corrected chi connectivity index (χ3v) is 17.7. The van der Waals surface area contributed by atoms with Crippen molar-refractivity contribution in [2.75, 3.05) is 14.2 Å². The number of ether oxygens (including phenoxy) is 9. The second kappa shape index (κ2) is 32.8. The fourth-order valence-corrected chi connectivity index (χ4v) is 12.9. The Balaban J connectivity index is 1.24. The average molecular weight is 1420 g/mol. The molecule has 0 fully saturated rings. The van der Waals surface area contributed by atoms with Gasteiger partial charge in [0.2, 0.25) is 0 Å². The first kappa shape index (κ1) is 76.6. The van der Waals surface area contributed by atoms with Gasteiger partial charge in [-0.3, -0.25) is 24.0 Å².